The average Bonchev–Trinajstić information content (AvgIpc) is 3.42. The molecule has 1 unspecified atom stereocenters. The number of guanidine groups is 1. The first-order valence-corrected chi connectivity index (χ1v) is 11.4. The van der Waals surface area contributed by atoms with Crippen molar-refractivity contribution in [2.75, 3.05) is 72.3 Å². The van der Waals surface area contributed by atoms with Crippen LogP contribution in [0.5, 0.6) is 5.75 Å². The lowest BCUT2D eigenvalue weighted by atomic mass is 9.87. The zero-order valence-electron chi connectivity index (χ0n) is 18.7. The van der Waals surface area contributed by atoms with Crippen LogP contribution in [0, 0.1) is 5.41 Å². The predicted molar refractivity (Wildman–Crippen MR) is 133 cm³/mol. The van der Waals surface area contributed by atoms with Crippen molar-refractivity contribution in [1.29, 1.82) is 0 Å². The molecule has 4 rings (SSSR count). The number of likely N-dealkylation sites (tertiary alicyclic amines) is 1. The first-order chi connectivity index (χ1) is 14.8. The molecule has 1 atom stereocenters. The minimum Gasteiger partial charge on any atom is -0.492 e. The van der Waals surface area contributed by atoms with Crippen LogP contribution in [-0.4, -0.2) is 88.1 Å². The van der Waals surface area contributed by atoms with Gasteiger partial charge in [0, 0.05) is 51.3 Å². The third kappa shape index (κ3) is 6.94. The van der Waals surface area contributed by atoms with E-state index < -0.39 is 0 Å². The number of nitrogens with one attached hydrogen (secondary N) is 1. The molecule has 3 saturated heterocycles. The van der Waals surface area contributed by atoms with E-state index in [-0.39, 0.29) is 24.0 Å². The van der Waals surface area contributed by atoms with Gasteiger partial charge in [-0.25, -0.2) is 4.99 Å². The monoisotopic (exact) mass is 544 g/mol. The van der Waals surface area contributed by atoms with Gasteiger partial charge in [-0.15, -0.1) is 24.0 Å². The zero-order chi connectivity index (χ0) is 20.7. The molecule has 31 heavy (non-hydrogen) atoms. The quantitative estimate of drug-likeness (QED) is 0.324. The van der Waals surface area contributed by atoms with Crippen molar-refractivity contribution >= 4 is 29.9 Å². The summed E-state index contributed by atoms with van der Waals surface area (Å²) in [5, 5.41) is 3.47. The lowest BCUT2D eigenvalue weighted by Gasteiger charge is -2.26. The van der Waals surface area contributed by atoms with Crippen molar-refractivity contribution in [2.45, 2.75) is 26.3 Å². The Bertz CT molecular complexity index is 706. The Kier molecular flexibility index (Phi) is 9.68. The van der Waals surface area contributed by atoms with E-state index in [0.717, 1.165) is 77.4 Å². The lowest BCUT2D eigenvalue weighted by Crippen LogP contribution is -2.41. The van der Waals surface area contributed by atoms with E-state index in [0.29, 0.717) is 18.6 Å². The Morgan fingerprint density at radius 3 is 2.81 bits per heavy atom. The summed E-state index contributed by atoms with van der Waals surface area (Å²) in [5.74, 6) is 1.93. The molecule has 1 aromatic rings. The molecule has 0 saturated carbocycles. The fourth-order valence-corrected chi connectivity index (χ4v) is 4.53. The highest BCUT2D eigenvalue weighted by molar-refractivity contribution is 14.0. The predicted octanol–water partition coefficient (Wildman–Crippen LogP) is 2.59. The minimum absolute atomic E-state index is 0. The SMILES string of the molecule is CCNC(=NCc1cccc(OCCN2CCOCC2)c1)N1CCC2(CCOC2)C1.I. The van der Waals surface area contributed by atoms with Gasteiger partial charge in [0.1, 0.15) is 12.4 Å². The van der Waals surface area contributed by atoms with Gasteiger partial charge in [0.15, 0.2) is 5.96 Å². The number of hydrogen-bond donors (Lipinski definition) is 1. The number of ether oxygens (including phenoxy) is 3. The van der Waals surface area contributed by atoms with E-state index in [4.69, 9.17) is 19.2 Å². The van der Waals surface area contributed by atoms with Crippen molar-refractivity contribution < 1.29 is 14.2 Å². The Morgan fingerprint density at radius 1 is 1.16 bits per heavy atom. The van der Waals surface area contributed by atoms with Gasteiger partial charge in [-0.3, -0.25) is 4.90 Å². The summed E-state index contributed by atoms with van der Waals surface area (Å²) in [4.78, 5) is 9.72. The Labute approximate surface area is 203 Å². The summed E-state index contributed by atoms with van der Waals surface area (Å²) in [7, 11) is 0. The number of benzene rings is 1. The largest absolute Gasteiger partial charge is 0.492 e. The van der Waals surface area contributed by atoms with Crippen molar-refractivity contribution in [3.63, 3.8) is 0 Å². The molecule has 3 fully saturated rings. The molecule has 3 aliphatic rings. The van der Waals surface area contributed by atoms with Crippen molar-refractivity contribution in [2.24, 2.45) is 10.4 Å². The van der Waals surface area contributed by atoms with E-state index in [1.807, 2.05) is 6.07 Å². The molecule has 3 heterocycles. The third-order valence-electron chi connectivity index (χ3n) is 6.35. The molecule has 1 N–H and O–H groups in total. The van der Waals surface area contributed by atoms with E-state index >= 15 is 0 Å². The molecule has 174 valence electrons. The smallest absolute Gasteiger partial charge is 0.194 e. The number of morpholine rings is 1. The summed E-state index contributed by atoms with van der Waals surface area (Å²) in [6.07, 6.45) is 2.37. The second-order valence-electron chi connectivity index (χ2n) is 8.59. The molecule has 8 heteroatoms. The number of rotatable bonds is 7. The van der Waals surface area contributed by atoms with E-state index in [1.165, 1.54) is 18.4 Å². The van der Waals surface area contributed by atoms with Crippen LogP contribution in [-0.2, 0) is 16.0 Å². The molecule has 0 bridgehead atoms. The number of halogens is 1. The highest BCUT2D eigenvalue weighted by atomic mass is 127. The maximum Gasteiger partial charge on any atom is 0.194 e. The molecule has 0 aliphatic carbocycles. The van der Waals surface area contributed by atoms with E-state index in [2.05, 4.69) is 40.2 Å². The highest BCUT2D eigenvalue weighted by Crippen LogP contribution is 2.38. The van der Waals surface area contributed by atoms with Crippen LogP contribution in [0.15, 0.2) is 29.3 Å². The van der Waals surface area contributed by atoms with Gasteiger partial charge in [0.25, 0.3) is 0 Å². The Balaban J connectivity index is 0.00000272. The van der Waals surface area contributed by atoms with Gasteiger partial charge in [-0.1, -0.05) is 12.1 Å². The summed E-state index contributed by atoms with van der Waals surface area (Å²) >= 11 is 0. The molecular formula is C23H37IN4O3. The third-order valence-corrected chi connectivity index (χ3v) is 6.35. The van der Waals surface area contributed by atoms with Crippen molar-refractivity contribution in [3.05, 3.63) is 29.8 Å². The van der Waals surface area contributed by atoms with Gasteiger partial charge < -0.3 is 24.4 Å². The lowest BCUT2D eigenvalue weighted by molar-refractivity contribution is 0.0322. The van der Waals surface area contributed by atoms with Crippen molar-refractivity contribution in [3.8, 4) is 5.75 Å². The van der Waals surface area contributed by atoms with Gasteiger partial charge in [-0.2, -0.15) is 0 Å². The summed E-state index contributed by atoms with van der Waals surface area (Å²) in [6, 6.07) is 8.32. The van der Waals surface area contributed by atoms with E-state index in [9.17, 15) is 0 Å². The van der Waals surface area contributed by atoms with Gasteiger partial charge in [0.2, 0.25) is 0 Å². The molecule has 0 amide bonds. The molecular weight excluding hydrogens is 507 g/mol. The molecule has 3 aliphatic heterocycles. The first-order valence-electron chi connectivity index (χ1n) is 11.4. The summed E-state index contributed by atoms with van der Waals surface area (Å²) in [6.45, 7) is 12.8. The molecule has 1 spiro atoms. The molecule has 0 aromatic heterocycles. The second kappa shape index (κ2) is 12.2. The maximum atomic E-state index is 6.00. The van der Waals surface area contributed by atoms with Crippen LogP contribution in [0.3, 0.4) is 0 Å². The molecule has 0 radical (unpaired) electrons. The van der Waals surface area contributed by atoms with Crippen LogP contribution < -0.4 is 10.1 Å². The number of hydrogen-bond acceptors (Lipinski definition) is 5. The maximum absolute atomic E-state index is 6.00. The summed E-state index contributed by atoms with van der Waals surface area (Å²) < 4.78 is 17.1. The van der Waals surface area contributed by atoms with Gasteiger partial charge in [0.05, 0.1) is 26.4 Å². The van der Waals surface area contributed by atoms with Gasteiger partial charge >= 0.3 is 0 Å². The Morgan fingerprint density at radius 2 is 2.03 bits per heavy atom. The first kappa shape index (κ1) is 24.5. The van der Waals surface area contributed by atoms with Crippen LogP contribution in [0.25, 0.3) is 0 Å². The van der Waals surface area contributed by atoms with Gasteiger partial charge in [-0.05, 0) is 37.5 Å². The zero-order valence-corrected chi connectivity index (χ0v) is 21.0. The van der Waals surface area contributed by atoms with Crippen LogP contribution in [0.4, 0.5) is 0 Å². The van der Waals surface area contributed by atoms with Crippen LogP contribution in [0.1, 0.15) is 25.3 Å². The van der Waals surface area contributed by atoms with Crippen molar-refractivity contribution in [1.82, 2.24) is 15.1 Å². The standard InChI is InChI=1S/C23H36N4O3.HI/c1-2-24-22(27-8-6-23(18-27)7-12-29-19-23)25-17-20-4-3-5-21(16-20)30-15-11-26-9-13-28-14-10-26;/h3-5,16H,2,6-15,17-19H2,1H3,(H,24,25);1H. The molecule has 7 nitrogen and oxygen atoms in total. The number of aliphatic imine (C=N–C) groups is 1. The fourth-order valence-electron chi connectivity index (χ4n) is 4.53. The van der Waals surface area contributed by atoms with Crippen LogP contribution >= 0.6 is 24.0 Å². The molecule has 1 aromatic carbocycles. The Hall–Kier alpha value is -1.10. The summed E-state index contributed by atoms with van der Waals surface area (Å²) in [5.41, 5.74) is 1.51. The normalized spacial score (nSPS) is 24.4. The number of nitrogens with zero attached hydrogens (tertiary/aromatic N) is 3. The van der Waals surface area contributed by atoms with Crippen LogP contribution in [0.2, 0.25) is 0 Å². The fraction of sp³-hybridized carbons (Fsp3) is 0.696. The topological polar surface area (TPSA) is 58.6 Å². The second-order valence-corrected chi connectivity index (χ2v) is 8.59. The minimum atomic E-state index is 0. The highest BCUT2D eigenvalue weighted by Gasteiger charge is 2.42. The average molecular weight is 544 g/mol. The van der Waals surface area contributed by atoms with E-state index in [1.54, 1.807) is 0 Å².